The lowest BCUT2D eigenvalue weighted by molar-refractivity contribution is -0.00636. The van der Waals surface area contributed by atoms with Crippen LogP contribution in [0, 0.1) is 0 Å². The zero-order valence-electron chi connectivity index (χ0n) is 18.3. The minimum Gasteiger partial charge on any atom is -0.484 e. The number of nitrogens with zero attached hydrogens (tertiary/aromatic N) is 5. The second-order valence-corrected chi connectivity index (χ2v) is 8.78. The Labute approximate surface area is 191 Å². The molecule has 1 aromatic carbocycles. The molecule has 9 nitrogen and oxygen atoms in total. The summed E-state index contributed by atoms with van der Waals surface area (Å²) < 4.78 is 7.83. The van der Waals surface area contributed by atoms with Crippen molar-refractivity contribution in [3.05, 3.63) is 65.7 Å². The SMILES string of the molecule is CC(O)Cc1cn(-c2ccc(C(=O)N3CCC4(CC3)CC(=O)c3ncccc3O4)cc2)nn1. The van der Waals surface area contributed by atoms with Gasteiger partial charge in [0.05, 0.1) is 30.1 Å². The summed E-state index contributed by atoms with van der Waals surface area (Å²) in [7, 11) is 0. The summed E-state index contributed by atoms with van der Waals surface area (Å²) in [6.07, 6.45) is 4.81. The van der Waals surface area contributed by atoms with Gasteiger partial charge in [-0.2, -0.15) is 0 Å². The number of Topliss-reactive ketones (excluding diaryl/α,β-unsaturated/α-hetero) is 1. The molecule has 1 N–H and O–H groups in total. The van der Waals surface area contributed by atoms with Gasteiger partial charge < -0.3 is 14.7 Å². The monoisotopic (exact) mass is 447 g/mol. The van der Waals surface area contributed by atoms with Crippen molar-refractivity contribution in [2.75, 3.05) is 13.1 Å². The van der Waals surface area contributed by atoms with E-state index in [9.17, 15) is 14.7 Å². The van der Waals surface area contributed by atoms with E-state index in [4.69, 9.17) is 4.74 Å². The van der Waals surface area contributed by atoms with Crippen LogP contribution in [0.1, 0.15) is 52.7 Å². The molecule has 2 aliphatic heterocycles. The van der Waals surface area contributed by atoms with Crippen LogP contribution in [0.3, 0.4) is 0 Å². The molecular weight excluding hydrogens is 422 g/mol. The van der Waals surface area contributed by atoms with Crippen molar-refractivity contribution in [2.45, 2.75) is 44.3 Å². The average Bonchev–Trinajstić information content (AvgIpc) is 3.27. The molecule has 5 rings (SSSR count). The molecule has 0 saturated carbocycles. The van der Waals surface area contributed by atoms with E-state index in [1.165, 1.54) is 0 Å². The quantitative estimate of drug-likeness (QED) is 0.653. The lowest BCUT2D eigenvalue weighted by atomic mass is 9.83. The first-order valence-electron chi connectivity index (χ1n) is 11.1. The molecule has 1 amide bonds. The lowest BCUT2D eigenvalue weighted by Gasteiger charge is -2.43. The number of pyridine rings is 1. The largest absolute Gasteiger partial charge is 0.484 e. The van der Waals surface area contributed by atoms with Gasteiger partial charge in [0.15, 0.2) is 5.78 Å². The molecule has 3 aromatic rings. The Hall–Kier alpha value is -3.59. The third kappa shape index (κ3) is 4.23. The summed E-state index contributed by atoms with van der Waals surface area (Å²) in [6, 6.07) is 10.8. The molecular formula is C24H25N5O4. The van der Waals surface area contributed by atoms with Crippen LogP contribution < -0.4 is 4.74 Å². The van der Waals surface area contributed by atoms with Gasteiger partial charge in [0, 0.05) is 44.1 Å². The topological polar surface area (TPSA) is 110 Å². The van der Waals surface area contributed by atoms with E-state index in [0.29, 0.717) is 61.5 Å². The summed E-state index contributed by atoms with van der Waals surface area (Å²) in [5.74, 6) is 0.486. The van der Waals surface area contributed by atoms with Crippen LogP contribution in [0.15, 0.2) is 48.8 Å². The third-order valence-corrected chi connectivity index (χ3v) is 6.23. The Morgan fingerprint density at radius 2 is 1.97 bits per heavy atom. The van der Waals surface area contributed by atoms with E-state index in [-0.39, 0.29) is 11.7 Å². The number of amides is 1. The van der Waals surface area contributed by atoms with Gasteiger partial charge in [-0.25, -0.2) is 9.67 Å². The number of ketones is 1. The van der Waals surface area contributed by atoms with Crippen molar-refractivity contribution in [2.24, 2.45) is 0 Å². The fourth-order valence-electron chi connectivity index (χ4n) is 4.48. The smallest absolute Gasteiger partial charge is 0.253 e. The molecule has 2 aliphatic rings. The standard InChI is InChI=1S/C24H25N5O4/c1-16(30)13-18-15-29(27-26-18)19-6-4-17(5-7-19)23(32)28-11-8-24(9-12-28)14-20(31)22-21(33-24)3-2-10-25-22/h2-7,10,15-16,30H,8-9,11-14H2,1H3. The minimum absolute atomic E-state index is 0.00284. The first-order chi connectivity index (χ1) is 15.9. The van der Waals surface area contributed by atoms with Gasteiger partial charge >= 0.3 is 0 Å². The Balaban J connectivity index is 1.23. The molecule has 170 valence electrons. The number of hydrogen-bond donors (Lipinski definition) is 1. The van der Waals surface area contributed by atoms with E-state index in [0.717, 1.165) is 5.69 Å². The molecule has 1 spiro atoms. The summed E-state index contributed by atoms with van der Waals surface area (Å²) >= 11 is 0. The highest BCUT2D eigenvalue weighted by atomic mass is 16.5. The molecule has 1 saturated heterocycles. The molecule has 0 radical (unpaired) electrons. The maximum atomic E-state index is 13.1. The van der Waals surface area contributed by atoms with Crippen LogP contribution in [0.5, 0.6) is 5.75 Å². The van der Waals surface area contributed by atoms with E-state index in [1.54, 1.807) is 48.3 Å². The molecule has 0 aliphatic carbocycles. The third-order valence-electron chi connectivity index (χ3n) is 6.23. The Bertz CT molecular complexity index is 1180. The summed E-state index contributed by atoms with van der Waals surface area (Å²) in [4.78, 5) is 31.6. The van der Waals surface area contributed by atoms with Gasteiger partial charge in [-0.05, 0) is 43.3 Å². The number of aliphatic hydroxyl groups excluding tert-OH is 1. The number of carbonyl (C=O) groups is 2. The zero-order valence-corrected chi connectivity index (χ0v) is 18.3. The molecule has 1 unspecified atom stereocenters. The van der Waals surface area contributed by atoms with E-state index in [1.807, 2.05) is 17.0 Å². The number of carbonyl (C=O) groups excluding carboxylic acids is 2. The summed E-state index contributed by atoms with van der Waals surface area (Å²) in [5, 5.41) is 17.6. The van der Waals surface area contributed by atoms with Crippen LogP contribution in [-0.2, 0) is 6.42 Å². The number of aromatic nitrogens is 4. The molecule has 33 heavy (non-hydrogen) atoms. The van der Waals surface area contributed by atoms with Crippen molar-refractivity contribution < 1.29 is 19.4 Å². The van der Waals surface area contributed by atoms with Gasteiger partial charge in [0.1, 0.15) is 17.0 Å². The Morgan fingerprint density at radius 1 is 1.21 bits per heavy atom. The molecule has 0 bridgehead atoms. The van der Waals surface area contributed by atoms with Crippen LogP contribution in [0.2, 0.25) is 0 Å². The van der Waals surface area contributed by atoms with Crippen molar-refractivity contribution in [3.63, 3.8) is 0 Å². The highest BCUT2D eigenvalue weighted by Gasteiger charge is 2.44. The van der Waals surface area contributed by atoms with E-state index < -0.39 is 11.7 Å². The predicted molar refractivity (Wildman–Crippen MR) is 118 cm³/mol. The number of ether oxygens (including phenoxy) is 1. The number of benzene rings is 1. The number of aliphatic hydroxyl groups is 1. The number of piperidine rings is 1. The first kappa shape index (κ1) is 21.3. The maximum absolute atomic E-state index is 13.1. The van der Waals surface area contributed by atoms with Gasteiger partial charge in [0.25, 0.3) is 5.91 Å². The maximum Gasteiger partial charge on any atom is 0.253 e. The molecule has 1 fully saturated rings. The fourth-order valence-corrected chi connectivity index (χ4v) is 4.48. The highest BCUT2D eigenvalue weighted by Crippen LogP contribution is 2.38. The molecule has 2 aromatic heterocycles. The van der Waals surface area contributed by atoms with Crippen LogP contribution in [-0.4, -0.2) is 66.5 Å². The molecule has 9 heteroatoms. The fraction of sp³-hybridized carbons (Fsp3) is 0.375. The second kappa shape index (κ2) is 8.40. The predicted octanol–water partition coefficient (Wildman–Crippen LogP) is 2.23. The minimum atomic E-state index is -0.565. The van der Waals surface area contributed by atoms with Gasteiger partial charge in [-0.3, -0.25) is 9.59 Å². The summed E-state index contributed by atoms with van der Waals surface area (Å²) in [5.41, 5.74) is 1.91. The van der Waals surface area contributed by atoms with E-state index in [2.05, 4.69) is 15.3 Å². The van der Waals surface area contributed by atoms with Gasteiger partial charge in [-0.1, -0.05) is 5.21 Å². The number of fused-ring (bicyclic) bond motifs is 1. The molecule has 1 atom stereocenters. The summed E-state index contributed by atoms with van der Waals surface area (Å²) in [6.45, 7) is 2.75. The zero-order chi connectivity index (χ0) is 23.0. The normalized spacial score (nSPS) is 18.0. The number of rotatable bonds is 4. The van der Waals surface area contributed by atoms with Crippen LogP contribution in [0.4, 0.5) is 0 Å². The van der Waals surface area contributed by atoms with E-state index >= 15 is 0 Å². The molecule has 4 heterocycles. The number of hydrogen-bond acceptors (Lipinski definition) is 7. The van der Waals surface area contributed by atoms with Crippen molar-refractivity contribution >= 4 is 11.7 Å². The van der Waals surface area contributed by atoms with Gasteiger partial charge in [-0.15, -0.1) is 5.10 Å². The van der Waals surface area contributed by atoms with Gasteiger partial charge in [0.2, 0.25) is 0 Å². The Kier molecular flexibility index (Phi) is 5.41. The first-order valence-corrected chi connectivity index (χ1v) is 11.1. The Morgan fingerprint density at radius 3 is 2.70 bits per heavy atom. The number of likely N-dealkylation sites (tertiary alicyclic amines) is 1. The second-order valence-electron chi connectivity index (χ2n) is 8.78. The lowest BCUT2D eigenvalue weighted by Crippen LogP contribution is -2.52. The van der Waals surface area contributed by atoms with Crippen LogP contribution >= 0.6 is 0 Å². The van der Waals surface area contributed by atoms with Crippen molar-refractivity contribution in [3.8, 4) is 11.4 Å². The average molecular weight is 447 g/mol. The van der Waals surface area contributed by atoms with Crippen LogP contribution in [0.25, 0.3) is 5.69 Å². The van der Waals surface area contributed by atoms with Crippen molar-refractivity contribution in [1.29, 1.82) is 0 Å². The van der Waals surface area contributed by atoms with Crippen molar-refractivity contribution in [1.82, 2.24) is 24.9 Å². The highest BCUT2D eigenvalue weighted by molar-refractivity contribution is 5.98.